The van der Waals surface area contributed by atoms with Gasteiger partial charge in [0.25, 0.3) is 0 Å². The van der Waals surface area contributed by atoms with Crippen molar-refractivity contribution in [3.63, 3.8) is 0 Å². The van der Waals surface area contributed by atoms with Crippen LogP contribution >= 0.6 is 0 Å². The minimum Gasteiger partial charge on any atom is -0.481 e. The minimum absolute atomic E-state index is 0.0174. The van der Waals surface area contributed by atoms with E-state index in [-0.39, 0.29) is 18.9 Å². The summed E-state index contributed by atoms with van der Waals surface area (Å²) in [6, 6.07) is -0.198. The molecule has 6 nitrogen and oxygen atoms in total. The molecule has 0 bridgehead atoms. The van der Waals surface area contributed by atoms with Crippen molar-refractivity contribution in [1.29, 1.82) is 0 Å². The number of carbonyl (C=O) groups is 3. The van der Waals surface area contributed by atoms with Crippen LogP contribution in [0.4, 0.5) is 4.79 Å². The van der Waals surface area contributed by atoms with E-state index < -0.39 is 23.3 Å². The van der Waals surface area contributed by atoms with Crippen LogP contribution in [0.2, 0.25) is 0 Å². The molecular weight excluding hydrogens is 272 g/mol. The largest absolute Gasteiger partial charge is 0.481 e. The topological polar surface area (TPSA) is 86.7 Å². The maximum atomic E-state index is 12.0. The van der Waals surface area contributed by atoms with E-state index in [4.69, 9.17) is 5.11 Å². The summed E-state index contributed by atoms with van der Waals surface area (Å²) >= 11 is 0. The van der Waals surface area contributed by atoms with Gasteiger partial charge in [-0.15, -0.1) is 0 Å². The molecule has 0 spiro atoms. The third-order valence-electron chi connectivity index (χ3n) is 3.96. The summed E-state index contributed by atoms with van der Waals surface area (Å²) in [5, 5.41) is 11.2. The van der Waals surface area contributed by atoms with Gasteiger partial charge in [0, 0.05) is 19.5 Å². The van der Waals surface area contributed by atoms with Crippen molar-refractivity contribution in [3.8, 4) is 0 Å². The van der Waals surface area contributed by atoms with Crippen LogP contribution in [-0.4, -0.2) is 41.0 Å². The van der Waals surface area contributed by atoms with Gasteiger partial charge in [-0.2, -0.15) is 0 Å². The molecule has 0 aliphatic heterocycles. The molecule has 2 N–H and O–H groups in total. The van der Waals surface area contributed by atoms with E-state index in [1.165, 1.54) is 6.42 Å². The van der Waals surface area contributed by atoms with Crippen LogP contribution in [0.25, 0.3) is 0 Å². The average Bonchev–Trinajstić information content (AvgIpc) is 2.36. The van der Waals surface area contributed by atoms with Crippen molar-refractivity contribution in [3.05, 3.63) is 0 Å². The quantitative estimate of drug-likeness (QED) is 0.816. The number of urea groups is 1. The second-order valence-electron chi connectivity index (χ2n) is 6.67. The van der Waals surface area contributed by atoms with Crippen molar-refractivity contribution in [2.45, 2.75) is 64.8 Å². The lowest BCUT2D eigenvalue weighted by Gasteiger charge is -2.31. The van der Waals surface area contributed by atoms with Crippen LogP contribution < -0.4 is 5.32 Å². The van der Waals surface area contributed by atoms with E-state index in [0.717, 1.165) is 25.7 Å². The molecule has 1 rings (SSSR count). The molecule has 0 atom stereocenters. The number of amides is 3. The van der Waals surface area contributed by atoms with E-state index in [0.29, 0.717) is 0 Å². The Balaban J connectivity index is 2.45. The van der Waals surface area contributed by atoms with Crippen molar-refractivity contribution in [2.24, 2.45) is 5.41 Å². The summed E-state index contributed by atoms with van der Waals surface area (Å²) in [7, 11) is 1.71. The lowest BCUT2D eigenvalue weighted by Crippen LogP contribution is -2.47. The smallest absolute Gasteiger partial charge is 0.324 e. The van der Waals surface area contributed by atoms with E-state index >= 15 is 0 Å². The zero-order chi connectivity index (χ0) is 16.0. The fourth-order valence-corrected chi connectivity index (χ4v) is 2.79. The monoisotopic (exact) mass is 298 g/mol. The molecule has 0 unspecified atom stereocenters. The van der Waals surface area contributed by atoms with Crippen molar-refractivity contribution in [2.75, 3.05) is 7.05 Å². The standard InChI is InChI=1S/C15H26N2O4/c1-15(2,10-13(19)20)9-12(18)16-14(21)17(3)11-7-5-4-6-8-11/h11H,4-10H2,1-3H3,(H,19,20)(H,16,18,21). The maximum Gasteiger partial charge on any atom is 0.324 e. The van der Waals surface area contributed by atoms with Crippen molar-refractivity contribution >= 4 is 17.9 Å². The molecule has 1 aliphatic carbocycles. The van der Waals surface area contributed by atoms with Gasteiger partial charge < -0.3 is 10.0 Å². The molecule has 0 aromatic rings. The summed E-state index contributed by atoms with van der Waals surface area (Å²) in [5.41, 5.74) is -0.667. The number of rotatable bonds is 5. The molecular formula is C15H26N2O4. The van der Waals surface area contributed by atoms with Crippen LogP contribution in [-0.2, 0) is 9.59 Å². The number of carboxylic acids is 1. The highest BCUT2D eigenvalue weighted by molar-refractivity contribution is 5.94. The fraction of sp³-hybridized carbons (Fsp3) is 0.800. The fourth-order valence-electron chi connectivity index (χ4n) is 2.79. The Morgan fingerprint density at radius 3 is 2.24 bits per heavy atom. The maximum absolute atomic E-state index is 12.0. The van der Waals surface area contributed by atoms with E-state index in [1.807, 2.05) is 0 Å². The van der Waals surface area contributed by atoms with Crippen LogP contribution in [0.15, 0.2) is 0 Å². The van der Waals surface area contributed by atoms with E-state index in [2.05, 4.69) is 5.32 Å². The molecule has 0 heterocycles. The Morgan fingerprint density at radius 2 is 1.71 bits per heavy atom. The third-order valence-corrected chi connectivity index (χ3v) is 3.96. The Hall–Kier alpha value is -1.59. The molecule has 0 saturated heterocycles. The van der Waals surface area contributed by atoms with Gasteiger partial charge >= 0.3 is 12.0 Å². The predicted octanol–water partition coefficient (Wildman–Crippen LogP) is 2.38. The van der Waals surface area contributed by atoms with Crippen LogP contribution in [0, 0.1) is 5.41 Å². The molecule has 3 amide bonds. The van der Waals surface area contributed by atoms with Gasteiger partial charge in [-0.05, 0) is 18.3 Å². The first-order valence-corrected chi connectivity index (χ1v) is 7.50. The molecule has 6 heteroatoms. The Morgan fingerprint density at radius 1 is 1.14 bits per heavy atom. The Bertz CT molecular complexity index is 400. The van der Waals surface area contributed by atoms with Crippen LogP contribution in [0.1, 0.15) is 58.8 Å². The number of imide groups is 1. The molecule has 21 heavy (non-hydrogen) atoms. The first-order chi connectivity index (χ1) is 9.71. The van der Waals surface area contributed by atoms with Gasteiger partial charge in [0.05, 0.1) is 6.42 Å². The van der Waals surface area contributed by atoms with E-state index in [1.54, 1.807) is 25.8 Å². The first-order valence-electron chi connectivity index (χ1n) is 7.50. The summed E-state index contributed by atoms with van der Waals surface area (Å²) < 4.78 is 0. The number of hydrogen-bond acceptors (Lipinski definition) is 3. The molecule has 0 radical (unpaired) electrons. The van der Waals surface area contributed by atoms with Crippen molar-refractivity contribution < 1.29 is 19.5 Å². The SMILES string of the molecule is CN(C(=O)NC(=O)CC(C)(C)CC(=O)O)C1CCCCC1. The molecule has 0 aromatic heterocycles. The predicted molar refractivity (Wildman–Crippen MR) is 78.8 cm³/mol. The second kappa shape index (κ2) is 7.43. The average molecular weight is 298 g/mol. The summed E-state index contributed by atoms with van der Waals surface area (Å²) in [4.78, 5) is 36.2. The second-order valence-corrected chi connectivity index (χ2v) is 6.67. The molecule has 1 aliphatic rings. The summed E-state index contributed by atoms with van der Waals surface area (Å²) in [6.07, 6.45) is 5.29. The van der Waals surface area contributed by atoms with Crippen LogP contribution in [0.3, 0.4) is 0 Å². The van der Waals surface area contributed by atoms with Crippen molar-refractivity contribution in [1.82, 2.24) is 10.2 Å². The van der Waals surface area contributed by atoms with Gasteiger partial charge in [-0.1, -0.05) is 33.1 Å². The highest BCUT2D eigenvalue weighted by Gasteiger charge is 2.28. The van der Waals surface area contributed by atoms with E-state index in [9.17, 15) is 14.4 Å². The van der Waals surface area contributed by atoms with Gasteiger partial charge in [-0.3, -0.25) is 14.9 Å². The highest BCUT2D eigenvalue weighted by Crippen LogP contribution is 2.25. The van der Waals surface area contributed by atoms with Gasteiger partial charge in [0.1, 0.15) is 0 Å². The lowest BCUT2D eigenvalue weighted by atomic mass is 9.85. The summed E-state index contributed by atoms with van der Waals surface area (Å²) in [5.74, 6) is -1.37. The number of carbonyl (C=O) groups excluding carboxylic acids is 2. The summed E-state index contributed by atoms with van der Waals surface area (Å²) in [6.45, 7) is 3.41. The Labute approximate surface area is 125 Å². The molecule has 120 valence electrons. The third kappa shape index (κ3) is 6.14. The van der Waals surface area contributed by atoms with Gasteiger partial charge in [-0.25, -0.2) is 4.79 Å². The zero-order valence-electron chi connectivity index (χ0n) is 13.1. The highest BCUT2D eigenvalue weighted by atomic mass is 16.4. The minimum atomic E-state index is -0.946. The van der Waals surface area contributed by atoms with Crippen LogP contribution in [0.5, 0.6) is 0 Å². The number of nitrogens with one attached hydrogen (secondary N) is 1. The van der Waals surface area contributed by atoms with Gasteiger partial charge in [0.2, 0.25) is 5.91 Å². The number of nitrogens with zero attached hydrogens (tertiary/aromatic N) is 1. The number of hydrogen-bond donors (Lipinski definition) is 2. The lowest BCUT2D eigenvalue weighted by molar-refractivity contribution is -0.139. The normalized spacial score (nSPS) is 16.3. The zero-order valence-corrected chi connectivity index (χ0v) is 13.1. The number of aliphatic carboxylic acids is 1. The molecule has 1 fully saturated rings. The molecule has 0 aromatic carbocycles. The van der Waals surface area contributed by atoms with Gasteiger partial charge in [0.15, 0.2) is 0 Å². The number of carboxylic acid groups (broad SMARTS) is 1. The first kappa shape index (κ1) is 17.5. The Kier molecular flexibility index (Phi) is 6.18. The molecule has 1 saturated carbocycles.